The molecule has 0 aliphatic rings. The SMILES string of the molecule is C=CC(=O)OCCCCCCCOc1ccc(C(=O)Oc2ccc(OC(=O)c3ccc(OCCCCCCCOC(=O)C=C)cc3)c(CCCCCCCCc3cc(OC(=O)c4ccc(OCCCCCCCOC(=O)C=C)cc4)ccc3OC(=O)c3ccc(OCCCCCCCOC(=O)C=C)cc3)c2)cc1. The zero-order valence-electron chi connectivity index (χ0n) is 62.5. The first-order valence-electron chi connectivity index (χ1n) is 38.0. The van der Waals surface area contributed by atoms with Gasteiger partial charge in [0.1, 0.15) is 46.0 Å². The maximum Gasteiger partial charge on any atom is 0.343 e. The Hall–Kier alpha value is -10.8. The maximum atomic E-state index is 13.7. The minimum absolute atomic E-state index is 0.285. The van der Waals surface area contributed by atoms with E-state index in [0.717, 1.165) is 191 Å². The van der Waals surface area contributed by atoms with Crippen molar-refractivity contribution in [1.29, 1.82) is 0 Å². The lowest BCUT2D eigenvalue weighted by atomic mass is 10.0. The van der Waals surface area contributed by atoms with Crippen LogP contribution in [0.4, 0.5) is 0 Å². The number of rotatable bonds is 57. The van der Waals surface area contributed by atoms with E-state index in [1.807, 2.05) is 0 Å². The number of unbranched alkanes of at least 4 members (excludes halogenated alkanes) is 21. The van der Waals surface area contributed by atoms with Crippen molar-refractivity contribution in [2.24, 2.45) is 0 Å². The van der Waals surface area contributed by atoms with Crippen molar-refractivity contribution in [2.75, 3.05) is 52.9 Å². The van der Waals surface area contributed by atoms with Gasteiger partial charge < -0.3 is 56.8 Å². The second-order valence-corrected chi connectivity index (χ2v) is 25.8. The summed E-state index contributed by atoms with van der Waals surface area (Å²) in [5.74, 6) is -0.191. The molecular formula is C88H106O20. The summed E-state index contributed by atoms with van der Waals surface area (Å²) in [6.45, 7) is 17.2. The Balaban J connectivity index is 1.04. The summed E-state index contributed by atoms with van der Waals surface area (Å²) in [5.41, 5.74) is 2.68. The molecule has 0 bridgehead atoms. The van der Waals surface area contributed by atoms with Crippen molar-refractivity contribution >= 4 is 47.8 Å². The average Bonchev–Trinajstić information content (AvgIpc) is 0.837. The Kier molecular flexibility index (Phi) is 41.7. The highest BCUT2D eigenvalue weighted by molar-refractivity contribution is 5.94. The summed E-state index contributed by atoms with van der Waals surface area (Å²) in [5, 5.41) is 0. The molecular weight excluding hydrogens is 1380 g/mol. The summed E-state index contributed by atoms with van der Waals surface area (Å²) in [7, 11) is 0. The highest BCUT2D eigenvalue weighted by Crippen LogP contribution is 2.31. The molecule has 0 fully saturated rings. The predicted octanol–water partition coefficient (Wildman–Crippen LogP) is 18.9. The van der Waals surface area contributed by atoms with Crippen LogP contribution in [0.5, 0.6) is 46.0 Å². The third kappa shape index (κ3) is 35.6. The van der Waals surface area contributed by atoms with Gasteiger partial charge in [-0.15, -0.1) is 0 Å². The Morgan fingerprint density at radius 3 is 0.676 bits per heavy atom. The molecule has 0 saturated carbocycles. The Bertz CT molecular complexity index is 3500. The van der Waals surface area contributed by atoms with Crippen LogP contribution in [-0.4, -0.2) is 101 Å². The molecule has 0 heterocycles. The van der Waals surface area contributed by atoms with Crippen molar-refractivity contribution in [3.63, 3.8) is 0 Å². The second kappa shape index (κ2) is 52.3. The van der Waals surface area contributed by atoms with Gasteiger partial charge in [0, 0.05) is 24.3 Å². The zero-order valence-corrected chi connectivity index (χ0v) is 62.5. The van der Waals surface area contributed by atoms with E-state index in [1.54, 1.807) is 133 Å². The fourth-order valence-electron chi connectivity index (χ4n) is 11.2. The largest absolute Gasteiger partial charge is 0.494 e. The second-order valence-electron chi connectivity index (χ2n) is 25.8. The van der Waals surface area contributed by atoms with E-state index in [-0.39, 0.29) is 11.5 Å². The molecule has 0 unspecified atom stereocenters. The van der Waals surface area contributed by atoms with E-state index in [4.69, 9.17) is 56.8 Å². The van der Waals surface area contributed by atoms with Gasteiger partial charge in [0.25, 0.3) is 0 Å². The van der Waals surface area contributed by atoms with Gasteiger partial charge in [-0.2, -0.15) is 0 Å². The van der Waals surface area contributed by atoms with E-state index in [9.17, 15) is 38.4 Å². The molecule has 6 aromatic carbocycles. The summed E-state index contributed by atoms with van der Waals surface area (Å²) in [6.07, 6.45) is 28.5. The lowest BCUT2D eigenvalue weighted by Crippen LogP contribution is -2.11. The third-order valence-electron chi connectivity index (χ3n) is 17.3. The average molecular weight is 1480 g/mol. The molecule has 0 aliphatic carbocycles. The number of benzene rings is 6. The van der Waals surface area contributed by atoms with E-state index in [2.05, 4.69) is 26.3 Å². The number of hydrogen-bond donors (Lipinski definition) is 0. The van der Waals surface area contributed by atoms with Gasteiger partial charge in [0.15, 0.2) is 0 Å². The van der Waals surface area contributed by atoms with Crippen LogP contribution in [-0.2, 0) is 51.0 Å². The summed E-state index contributed by atoms with van der Waals surface area (Å²) in [4.78, 5) is 99.6. The smallest absolute Gasteiger partial charge is 0.343 e. The normalized spacial score (nSPS) is 10.7. The van der Waals surface area contributed by atoms with Crippen LogP contribution >= 0.6 is 0 Å². The Morgan fingerprint density at radius 2 is 0.435 bits per heavy atom. The molecule has 0 atom stereocenters. The van der Waals surface area contributed by atoms with Crippen molar-refractivity contribution < 1.29 is 95.2 Å². The molecule has 0 radical (unpaired) electrons. The molecule has 20 nitrogen and oxygen atoms in total. The lowest BCUT2D eigenvalue weighted by Gasteiger charge is -2.14. The summed E-state index contributed by atoms with van der Waals surface area (Å²) < 4.78 is 67.8. The molecule has 578 valence electrons. The maximum absolute atomic E-state index is 13.7. The summed E-state index contributed by atoms with van der Waals surface area (Å²) in [6, 6.07) is 37.1. The van der Waals surface area contributed by atoms with Gasteiger partial charge >= 0.3 is 47.8 Å². The fourth-order valence-corrected chi connectivity index (χ4v) is 11.2. The first-order chi connectivity index (χ1) is 52.7. The highest BCUT2D eigenvalue weighted by Gasteiger charge is 2.19. The van der Waals surface area contributed by atoms with Crippen molar-refractivity contribution in [1.82, 2.24) is 0 Å². The zero-order chi connectivity index (χ0) is 77.0. The van der Waals surface area contributed by atoms with Crippen LogP contribution in [0.15, 0.2) is 184 Å². The van der Waals surface area contributed by atoms with E-state index in [0.29, 0.717) is 134 Å². The van der Waals surface area contributed by atoms with E-state index < -0.39 is 47.8 Å². The molecule has 6 aromatic rings. The number of ether oxygens (including phenoxy) is 12. The quantitative estimate of drug-likeness (QED) is 0.0113. The van der Waals surface area contributed by atoms with E-state index in [1.165, 1.54) is 0 Å². The number of hydrogen-bond acceptors (Lipinski definition) is 20. The van der Waals surface area contributed by atoms with Crippen molar-refractivity contribution in [3.05, 3.63) is 217 Å². The lowest BCUT2D eigenvalue weighted by molar-refractivity contribution is -0.138. The van der Waals surface area contributed by atoms with Crippen LogP contribution in [0.25, 0.3) is 0 Å². The van der Waals surface area contributed by atoms with Crippen LogP contribution in [0.3, 0.4) is 0 Å². The van der Waals surface area contributed by atoms with E-state index >= 15 is 0 Å². The first-order valence-corrected chi connectivity index (χ1v) is 38.0. The molecule has 0 spiro atoms. The summed E-state index contributed by atoms with van der Waals surface area (Å²) >= 11 is 0. The monoisotopic (exact) mass is 1480 g/mol. The number of esters is 8. The third-order valence-corrected chi connectivity index (χ3v) is 17.3. The van der Waals surface area contributed by atoms with Crippen molar-refractivity contribution in [3.8, 4) is 46.0 Å². The standard InChI is InChI=1S/C88H106O20/c1-5-81(89)101-61-31-21-11-17-27-57-97-73-45-37-67(38-46-73)85(93)105-77-53-55-79(107-87(95)69-41-49-75(50-42-69)99-59-29-19-13-23-33-63-103-83(91)7-3)71(65-77)35-25-15-9-10-16-26-36-72-66-78(106-86(94)68-39-47-74(48-40-68)98-58-28-18-12-22-32-62-102-82(90)6-2)54-56-80(72)108-88(96)70-43-51-76(52-44-70)100-60-30-20-14-24-34-64-104-84(92)8-4/h5-8,37-56,65-66H,1-4,9-36,57-64H2. The van der Waals surface area contributed by atoms with Gasteiger partial charge in [-0.1, -0.05) is 129 Å². The molecule has 0 aromatic heterocycles. The van der Waals surface area contributed by atoms with Gasteiger partial charge in [-0.25, -0.2) is 38.4 Å². The Morgan fingerprint density at radius 1 is 0.231 bits per heavy atom. The van der Waals surface area contributed by atoms with Gasteiger partial charge in [-0.05, 0) is 222 Å². The highest BCUT2D eigenvalue weighted by atomic mass is 16.6. The predicted molar refractivity (Wildman–Crippen MR) is 413 cm³/mol. The molecule has 0 N–H and O–H groups in total. The minimum Gasteiger partial charge on any atom is -0.494 e. The van der Waals surface area contributed by atoms with Gasteiger partial charge in [0.05, 0.1) is 75.1 Å². The van der Waals surface area contributed by atoms with Crippen LogP contribution in [0, 0.1) is 0 Å². The van der Waals surface area contributed by atoms with Crippen LogP contribution < -0.4 is 37.9 Å². The van der Waals surface area contributed by atoms with Crippen molar-refractivity contribution in [2.45, 2.75) is 180 Å². The molecule has 20 heteroatoms. The number of aryl methyl sites for hydroxylation is 2. The number of carbonyl (C=O) groups excluding carboxylic acids is 8. The van der Waals surface area contributed by atoms with Gasteiger partial charge in [-0.3, -0.25) is 0 Å². The molecule has 6 rings (SSSR count). The molecule has 0 saturated heterocycles. The van der Waals surface area contributed by atoms with Gasteiger partial charge in [0.2, 0.25) is 0 Å². The Labute approximate surface area is 636 Å². The topological polar surface area (TPSA) is 247 Å². The van der Waals surface area contributed by atoms with Crippen LogP contribution in [0.1, 0.15) is 220 Å². The minimum atomic E-state index is -0.567. The number of carbonyl (C=O) groups is 8. The first kappa shape index (κ1) is 86.2. The molecule has 108 heavy (non-hydrogen) atoms. The molecule has 0 amide bonds. The molecule has 0 aliphatic heterocycles. The fraction of sp³-hybridized carbons (Fsp3) is 0.409. The van der Waals surface area contributed by atoms with Crippen LogP contribution in [0.2, 0.25) is 0 Å².